The fourth-order valence-electron chi connectivity index (χ4n) is 3.36. The lowest BCUT2D eigenvalue weighted by Gasteiger charge is -2.32. The van der Waals surface area contributed by atoms with Crippen LogP contribution in [0.2, 0.25) is 5.02 Å². The Balaban J connectivity index is 1.86. The van der Waals surface area contributed by atoms with Crippen molar-refractivity contribution in [1.29, 1.82) is 0 Å². The van der Waals surface area contributed by atoms with Gasteiger partial charge in [-0.15, -0.1) is 0 Å². The first-order valence-electron chi connectivity index (χ1n) is 8.53. The highest BCUT2D eigenvalue weighted by atomic mass is 35.5. The molecular weight excluding hydrogens is 393 g/mol. The molecule has 1 aliphatic rings. The van der Waals surface area contributed by atoms with E-state index in [1.54, 1.807) is 18.2 Å². The maximum Gasteiger partial charge on any atom is 0.307 e. The molecule has 0 spiro atoms. The molecule has 5 nitrogen and oxygen atoms in total. The van der Waals surface area contributed by atoms with Crippen LogP contribution in [0.4, 0.5) is 4.39 Å². The second-order valence-electron chi connectivity index (χ2n) is 6.58. The number of benzene rings is 2. The Labute approximate surface area is 162 Å². The summed E-state index contributed by atoms with van der Waals surface area (Å²) in [7, 11) is -3.73. The quantitative estimate of drug-likeness (QED) is 0.814. The van der Waals surface area contributed by atoms with Gasteiger partial charge >= 0.3 is 5.97 Å². The van der Waals surface area contributed by atoms with E-state index in [0.717, 1.165) is 24.1 Å². The van der Waals surface area contributed by atoms with Crippen molar-refractivity contribution in [3.8, 4) is 0 Å². The number of hydrogen-bond acceptors (Lipinski definition) is 3. The Morgan fingerprint density at radius 1 is 1.22 bits per heavy atom. The largest absolute Gasteiger partial charge is 0.481 e. The van der Waals surface area contributed by atoms with E-state index in [1.807, 2.05) is 0 Å². The average Bonchev–Trinajstić information content (AvgIpc) is 2.63. The molecule has 0 aliphatic carbocycles. The van der Waals surface area contributed by atoms with Gasteiger partial charge in [0.25, 0.3) is 0 Å². The van der Waals surface area contributed by atoms with Gasteiger partial charge in [-0.05, 0) is 60.2 Å². The summed E-state index contributed by atoms with van der Waals surface area (Å²) in [5, 5.41) is 9.48. The first-order chi connectivity index (χ1) is 12.8. The number of carboxylic acid groups (broad SMARTS) is 1. The number of piperidine rings is 1. The predicted molar refractivity (Wildman–Crippen MR) is 99.9 cm³/mol. The molecule has 1 N–H and O–H groups in total. The lowest BCUT2D eigenvalue weighted by molar-refractivity contribution is -0.136. The number of sulfonamides is 1. The van der Waals surface area contributed by atoms with Gasteiger partial charge in [0.1, 0.15) is 5.82 Å². The number of carbonyl (C=O) groups is 1. The summed E-state index contributed by atoms with van der Waals surface area (Å²) in [6.07, 6.45) is 1.30. The van der Waals surface area contributed by atoms with Crippen molar-refractivity contribution in [3.05, 3.63) is 64.4 Å². The molecule has 1 heterocycles. The molecule has 0 bridgehead atoms. The van der Waals surface area contributed by atoms with E-state index in [0.29, 0.717) is 23.6 Å². The van der Waals surface area contributed by atoms with Gasteiger partial charge in [-0.2, -0.15) is 4.31 Å². The third-order valence-corrected chi connectivity index (χ3v) is 6.91. The minimum atomic E-state index is -3.73. The van der Waals surface area contributed by atoms with E-state index >= 15 is 0 Å². The van der Waals surface area contributed by atoms with Gasteiger partial charge in [-0.3, -0.25) is 4.79 Å². The highest BCUT2D eigenvalue weighted by Crippen LogP contribution is 2.34. The lowest BCUT2D eigenvalue weighted by Crippen LogP contribution is -2.39. The molecule has 1 unspecified atom stereocenters. The summed E-state index contributed by atoms with van der Waals surface area (Å²) in [6.45, 7) is 0.624. The summed E-state index contributed by atoms with van der Waals surface area (Å²) < 4.78 is 40.2. The molecule has 0 saturated carbocycles. The van der Waals surface area contributed by atoms with Crippen molar-refractivity contribution < 1.29 is 22.7 Å². The Morgan fingerprint density at radius 2 is 1.93 bits per heavy atom. The SMILES string of the molecule is O=C(O)Cc1ccc(Cl)c(C2CCCN(S(=O)(=O)c3ccc(F)cc3)C2)c1. The Kier molecular flexibility index (Phi) is 5.83. The molecular formula is C19H19ClFNO4S. The zero-order valence-corrected chi connectivity index (χ0v) is 16.0. The van der Waals surface area contributed by atoms with Crippen molar-refractivity contribution in [1.82, 2.24) is 4.31 Å². The first-order valence-corrected chi connectivity index (χ1v) is 10.3. The highest BCUT2D eigenvalue weighted by Gasteiger charge is 2.31. The Hall–Kier alpha value is -1.96. The summed E-state index contributed by atoms with van der Waals surface area (Å²) in [6, 6.07) is 9.83. The predicted octanol–water partition coefficient (Wildman–Crippen LogP) is 3.67. The van der Waals surface area contributed by atoms with Crippen LogP contribution in [0.15, 0.2) is 47.4 Å². The molecule has 2 aromatic carbocycles. The molecule has 1 fully saturated rings. The van der Waals surface area contributed by atoms with E-state index in [9.17, 15) is 17.6 Å². The summed E-state index contributed by atoms with van der Waals surface area (Å²) in [5.74, 6) is -1.56. The summed E-state index contributed by atoms with van der Waals surface area (Å²) in [5.41, 5.74) is 1.38. The molecule has 1 aliphatic heterocycles. The van der Waals surface area contributed by atoms with E-state index in [-0.39, 0.29) is 23.8 Å². The van der Waals surface area contributed by atoms with Gasteiger partial charge in [-0.25, -0.2) is 12.8 Å². The maximum atomic E-state index is 13.1. The third kappa shape index (κ3) is 4.48. The smallest absolute Gasteiger partial charge is 0.307 e. The Morgan fingerprint density at radius 3 is 2.59 bits per heavy atom. The zero-order chi connectivity index (χ0) is 19.6. The van der Waals surface area contributed by atoms with E-state index in [2.05, 4.69) is 0 Å². The minimum absolute atomic E-state index is 0.0512. The normalized spacial score (nSPS) is 18.4. The zero-order valence-electron chi connectivity index (χ0n) is 14.4. The molecule has 1 atom stereocenters. The maximum absolute atomic E-state index is 13.1. The fraction of sp³-hybridized carbons (Fsp3) is 0.316. The van der Waals surface area contributed by atoms with Crippen molar-refractivity contribution >= 4 is 27.6 Å². The van der Waals surface area contributed by atoms with Crippen LogP contribution in [-0.4, -0.2) is 36.9 Å². The van der Waals surface area contributed by atoms with Crippen molar-refractivity contribution in [3.63, 3.8) is 0 Å². The van der Waals surface area contributed by atoms with Crippen LogP contribution in [0.3, 0.4) is 0 Å². The summed E-state index contributed by atoms with van der Waals surface area (Å²) in [4.78, 5) is 11.0. The fourth-order valence-corrected chi connectivity index (χ4v) is 5.16. The number of hydrogen-bond donors (Lipinski definition) is 1. The van der Waals surface area contributed by atoms with Crippen molar-refractivity contribution in [2.24, 2.45) is 0 Å². The summed E-state index contributed by atoms with van der Waals surface area (Å²) >= 11 is 6.31. The third-order valence-electron chi connectivity index (χ3n) is 4.69. The second-order valence-corrected chi connectivity index (χ2v) is 8.93. The number of carboxylic acids is 1. The number of aliphatic carboxylic acids is 1. The number of nitrogens with zero attached hydrogens (tertiary/aromatic N) is 1. The van der Waals surface area contributed by atoms with Crippen LogP contribution >= 0.6 is 11.6 Å². The molecule has 1 saturated heterocycles. The van der Waals surface area contributed by atoms with Crippen molar-refractivity contribution in [2.45, 2.75) is 30.1 Å². The second kappa shape index (κ2) is 7.96. The van der Waals surface area contributed by atoms with E-state index in [1.165, 1.54) is 16.4 Å². The lowest BCUT2D eigenvalue weighted by atomic mass is 9.90. The Bertz CT molecular complexity index is 947. The molecule has 0 radical (unpaired) electrons. The van der Waals surface area contributed by atoms with Crippen molar-refractivity contribution in [2.75, 3.05) is 13.1 Å². The topological polar surface area (TPSA) is 74.7 Å². The first kappa shape index (κ1) is 19.8. The van der Waals surface area contributed by atoms with Gasteiger partial charge in [0, 0.05) is 18.1 Å². The molecule has 0 aromatic heterocycles. The molecule has 27 heavy (non-hydrogen) atoms. The molecule has 0 amide bonds. The molecule has 3 rings (SSSR count). The van der Waals surface area contributed by atoms with E-state index in [4.69, 9.17) is 16.7 Å². The van der Waals surface area contributed by atoms with Crippen LogP contribution in [0, 0.1) is 5.82 Å². The minimum Gasteiger partial charge on any atom is -0.481 e. The van der Waals surface area contributed by atoms with E-state index < -0.39 is 21.8 Å². The number of halogens is 2. The van der Waals surface area contributed by atoms with Crippen LogP contribution in [-0.2, 0) is 21.2 Å². The van der Waals surface area contributed by atoms with Gasteiger partial charge < -0.3 is 5.11 Å². The van der Waals surface area contributed by atoms with Gasteiger partial charge in [0.2, 0.25) is 10.0 Å². The molecule has 144 valence electrons. The molecule has 2 aromatic rings. The average molecular weight is 412 g/mol. The number of rotatable bonds is 5. The van der Waals surface area contributed by atoms with Crippen LogP contribution < -0.4 is 0 Å². The van der Waals surface area contributed by atoms with Crippen LogP contribution in [0.5, 0.6) is 0 Å². The van der Waals surface area contributed by atoms with Gasteiger partial charge in [0.15, 0.2) is 0 Å². The monoisotopic (exact) mass is 411 g/mol. The molecule has 8 heteroatoms. The van der Waals surface area contributed by atoms with Crippen LogP contribution in [0.1, 0.15) is 29.9 Å². The van der Waals surface area contributed by atoms with Gasteiger partial charge in [-0.1, -0.05) is 23.7 Å². The highest BCUT2D eigenvalue weighted by molar-refractivity contribution is 7.89. The standard InChI is InChI=1S/C19H19ClFNO4S/c20-18-8-3-13(11-19(23)24)10-17(18)14-2-1-9-22(12-14)27(25,26)16-6-4-15(21)5-7-16/h3-8,10,14H,1-2,9,11-12H2,(H,23,24). The van der Waals surface area contributed by atoms with Gasteiger partial charge in [0.05, 0.1) is 11.3 Å². The van der Waals surface area contributed by atoms with Crippen LogP contribution in [0.25, 0.3) is 0 Å².